The molecule has 3 atom stereocenters. The Morgan fingerprint density at radius 3 is 2.35 bits per heavy atom. The van der Waals surface area contributed by atoms with E-state index in [1.54, 1.807) is 7.11 Å². The summed E-state index contributed by atoms with van der Waals surface area (Å²) in [7, 11) is 1.68. The summed E-state index contributed by atoms with van der Waals surface area (Å²) in [6.07, 6.45) is 1.96. The molecule has 4 heteroatoms. The fourth-order valence-corrected chi connectivity index (χ4v) is 3.34. The molecule has 4 nitrogen and oxygen atoms in total. The van der Waals surface area contributed by atoms with Crippen molar-refractivity contribution in [3.63, 3.8) is 0 Å². The first-order chi connectivity index (χ1) is 9.56. The lowest BCUT2D eigenvalue weighted by molar-refractivity contribution is 0.241. The normalized spacial score (nSPS) is 24.6. The molecule has 0 radical (unpaired) electrons. The van der Waals surface area contributed by atoms with E-state index >= 15 is 0 Å². The SMILES string of the molecule is COc1c2c(c(C(C)CO)c3c1OC(C)C3)OC(C)C2. The summed E-state index contributed by atoms with van der Waals surface area (Å²) in [5.74, 6) is 2.62. The second-order valence-corrected chi connectivity index (χ2v) is 5.91. The lowest BCUT2D eigenvalue weighted by Crippen LogP contribution is -2.09. The highest BCUT2D eigenvalue weighted by Gasteiger charge is 2.37. The Morgan fingerprint density at radius 2 is 1.75 bits per heavy atom. The molecule has 0 saturated heterocycles. The van der Waals surface area contributed by atoms with Crippen LogP contribution >= 0.6 is 0 Å². The van der Waals surface area contributed by atoms with Crippen LogP contribution in [0.1, 0.15) is 43.4 Å². The summed E-state index contributed by atoms with van der Waals surface area (Å²) < 4.78 is 17.6. The van der Waals surface area contributed by atoms with Crippen LogP contribution in [0.3, 0.4) is 0 Å². The maximum Gasteiger partial charge on any atom is 0.168 e. The maximum atomic E-state index is 9.58. The predicted molar refractivity (Wildman–Crippen MR) is 76.1 cm³/mol. The highest BCUT2D eigenvalue weighted by atomic mass is 16.5. The van der Waals surface area contributed by atoms with Gasteiger partial charge in [0.25, 0.3) is 0 Å². The minimum absolute atomic E-state index is 0.0441. The number of ether oxygens (including phenoxy) is 3. The molecule has 0 bridgehead atoms. The van der Waals surface area contributed by atoms with E-state index in [-0.39, 0.29) is 24.7 Å². The molecule has 2 aliphatic rings. The minimum Gasteiger partial charge on any atom is -0.492 e. The smallest absolute Gasteiger partial charge is 0.168 e. The Kier molecular flexibility index (Phi) is 3.28. The monoisotopic (exact) mass is 278 g/mol. The van der Waals surface area contributed by atoms with Crippen LogP contribution in [0.25, 0.3) is 0 Å². The number of rotatable bonds is 3. The van der Waals surface area contributed by atoms with E-state index < -0.39 is 0 Å². The summed E-state index contributed by atoms with van der Waals surface area (Å²) in [6, 6.07) is 0. The molecule has 0 saturated carbocycles. The number of hydrogen-bond donors (Lipinski definition) is 1. The maximum absolute atomic E-state index is 9.58. The molecule has 2 heterocycles. The molecule has 0 aliphatic carbocycles. The largest absolute Gasteiger partial charge is 0.492 e. The zero-order valence-electron chi connectivity index (χ0n) is 12.5. The molecule has 2 aliphatic heterocycles. The van der Waals surface area contributed by atoms with Crippen LogP contribution in [-0.4, -0.2) is 31.0 Å². The summed E-state index contributed by atoms with van der Waals surface area (Å²) in [4.78, 5) is 0. The van der Waals surface area contributed by atoms with Gasteiger partial charge < -0.3 is 19.3 Å². The number of aliphatic hydroxyl groups excluding tert-OH is 1. The molecule has 0 aromatic heterocycles. The van der Waals surface area contributed by atoms with Crippen molar-refractivity contribution in [3.8, 4) is 17.2 Å². The van der Waals surface area contributed by atoms with Gasteiger partial charge in [0.2, 0.25) is 0 Å². The molecular formula is C16H22O4. The van der Waals surface area contributed by atoms with Gasteiger partial charge in [0, 0.05) is 42.1 Å². The van der Waals surface area contributed by atoms with E-state index in [4.69, 9.17) is 14.2 Å². The van der Waals surface area contributed by atoms with E-state index in [2.05, 4.69) is 13.8 Å². The Morgan fingerprint density at radius 1 is 1.15 bits per heavy atom. The van der Waals surface area contributed by atoms with E-state index in [0.29, 0.717) is 0 Å². The summed E-state index contributed by atoms with van der Waals surface area (Å²) >= 11 is 0. The van der Waals surface area contributed by atoms with E-state index in [0.717, 1.165) is 46.8 Å². The number of benzene rings is 1. The fourth-order valence-electron chi connectivity index (χ4n) is 3.34. The summed E-state index contributed by atoms with van der Waals surface area (Å²) in [6.45, 7) is 6.25. The lowest BCUT2D eigenvalue weighted by atomic mass is 9.89. The summed E-state index contributed by atoms with van der Waals surface area (Å²) in [5.41, 5.74) is 3.33. The van der Waals surface area contributed by atoms with Gasteiger partial charge >= 0.3 is 0 Å². The zero-order chi connectivity index (χ0) is 14.4. The molecule has 3 unspecified atom stereocenters. The van der Waals surface area contributed by atoms with Crippen LogP contribution in [0, 0.1) is 0 Å². The van der Waals surface area contributed by atoms with Gasteiger partial charge in [-0.3, -0.25) is 0 Å². The Labute approximate surface area is 119 Å². The average molecular weight is 278 g/mol. The lowest BCUT2D eigenvalue weighted by Gasteiger charge is -2.20. The average Bonchev–Trinajstić information content (AvgIpc) is 2.96. The Balaban J connectivity index is 2.25. The molecule has 1 N–H and O–H groups in total. The van der Waals surface area contributed by atoms with Crippen molar-refractivity contribution >= 4 is 0 Å². The quantitative estimate of drug-likeness (QED) is 0.922. The molecule has 1 aromatic carbocycles. The second kappa shape index (κ2) is 4.85. The van der Waals surface area contributed by atoms with Gasteiger partial charge in [0.05, 0.1) is 7.11 Å². The van der Waals surface area contributed by atoms with Crippen molar-refractivity contribution in [2.75, 3.05) is 13.7 Å². The molecule has 0 fully saturated rings. The van der Waals surface area contributed by atoms with Gasteiger partial charge in [-0.1, -0.05) is 6.92 Å². The van der Waals surface area contributed by atoms with Crippen LogP contribution in [0.4, 0.5) is 0 Å². The molecule has 1 aromatic rings. The van der Waals surface area contributed by atoms with Crippen LogP contribution in [0.2, 0.25) is 0 Å². The van der Waals surface area contributed by atoms with Crippen molar-refractivity contribution < 1.29 is 19.3 Å². The third-order valence-corrected chi connectivity index (χ3v) is 4.19. The molecule has 0 amide bonds. The van der Waals surface area contributed by atoms with Gasteiger partial charge in [-0.05, 0) is 13.8 Å². The topological polar surface area (TPSA) is 47.9 Å². The number of fused-ring (bicyclic) bond motifs is 2. The summed E-state index contributed by atoms with van der Waals surface area (Å²) in [5, 5.41) is 9.58. The van der Waals surface area contributed by atoms with Gasteiger partial charge in [-0.15, -0.1) is 0 Å². The fraction of sp³-hybridized carbons (Fsp3) is 0.625. The first-order valence-electron chi connectivity index (χ1n) is 7.26. The highest BCUT2D eigenvalue weighted by molar-refractivity contribution is 5.66. The first kappa shape index (κ1) is 13.6. The highest BCUT2D eigenvalue weighted by Crippen LogP contribution is 2.52. The van der Waals surface area contributed by atoms with E-state index in [9.17, 15) is 5.11 Å². The molecule has 3 rings (SSSR count). The van der Waals surface area contributed by atoms with Crippen molar-refractivity contribution in [3.05, 3.63) is 16.7 Å². The van der Waals surface area contributed by atoms with Gasteiger partial charge in [0.15, 0.2) is 11.5 Å². The van der Waals surface area contributed by atoms with Crippen molar-refractivity contribution in [2.45, 2.75) is 51.7 Å². The van der Waals surface area contributed by atoms with Gasteiger partial charge in [0.1, 0.15) is 18.0 Å². The third-order valence-electron chi connectivity index (χ3n) is 4.19. The molecule has 20 heavy (non-hydrogen) atoms. The van der Waals surface area contributed by atoms with Crippen molar-refractivity contribution in [1.29, 1.82) is 0 Å². The van der Waals surface area contributed by atoms with Crippen LogP contribution in [0.5, 0.6) is 17.2 Å². The third kappa shape index (κ3) is 1.85. The Bertz CT molecular complexity index is 499. The number of hydrogen-bond acceptors (Lipinski definition) is 4. The molecule has 0 spiro atoms. The second-order valence-electron chi connectivity index (χ2n) is 5.91. The van der Waals surface area contributed by atoms with Crippen molar-refractivity contribution in [1.82, 2.24) is 0 Å². The minimum atomic E-state index is 0.0441. The zero-order valence-corrected chi connectivity index (χ0v) is 12.5. The van der Waals surface area contributed by atoms with Gasteiger partial charge in [-0.25, -0.2) is 0 Å². The van der Waals surface area contributed by atoms with E-state index in [1.807, 2.05) is 6.92 Å². The Hall–Kier alpha value is -1.42. The van der Waals surface area contributed by atoms with Crippen molar-refractivity contribution in [2.24, 2.45) is 0 Å². The first-order valence-corrected chi connectivity index (χ1v) is 7.26. The number of aliphatic hydroxyl groups is 1. The van der Waals surface area contributed by atoms with Crippen LogP contribution in [0.15, 0.2) is 0 Å². The van der Waals surface area contributed by atoms with Crippen LogP contribution < -0.4 is 14.2 Å². The predicted octanol–water partition coefficient (Wildman–Crippen LogP) is 2.44. The van der Waals surface area contributed by atoms with Gasteiger partial charge in [-0.2, -0.15) is 0 Å². The standard InChI is InChI=1S/C16H22O4/c1-8(7-17)13-11-5-9(2)20-16(11)15(18-4)12-6-10(3)19-14(12)13/h8-10,17H,5-7H2,1-4H3. The number of methoxy groups -OCH3 is 1. The van der Waals surface area contributed by atoms with Crippen LogP contribution in [-0.2, 0) is 12.8 Å². The van der Waals surface area contributed by atoms with E-state index in [1.165, 1.54) is 0 Å². The molecular weight excluding hydrogens is 256 g/mol. The molecule has 110 valence electrons.